The highest BCUT2D eigenvalue weighted by molar-refractivity contribution is 6.37. The van der Waals surface area contributed by atoms with Crippen LogP contribution in [-0.4, -0.2) is 24.6 Å². The normalized spacial score (nSPS) is 26.4. The van der Waals surface area contributed by atoms with E-state index in [1.165, 1.54) is 32.1 Å². The number of nitrogens with zero attached hydrogens (tertiary/aromatic N) is 2. The number of halogens is 2. The molecule has 1 saturated heterocycles. The zero-order chi connectivity index (χ0) is 13.4. The van der Waals surface area contributed by atoms with Gasteiger partial charge >= 0.3 is 0 Å². The van der Waals surface area contributed by atoms with Crippen molar-refractivity contribution in [2.24, 2.45) is 5.92 Å². The van der Waals surface area contributed by atoms with Gasteiger partial charge in [0, 0.05) is 19.6 Å². The third-order valence-corrected chi connectivity index (χ3v) is 5.00. The molecule has 3 rings (SSSR count). The summed E-state index contributed by atoms with van der Waals surface area (Å²) in [5.41, 5.74) is 0. The van der Waals surface area contributed by atoms with E-state index < -0.39 is 0 Å². The first-order valence-corrected chi connectivity index (χ1v) is 7.76. The van der Waals surface area contributed by atoms with Crippen LogP contribution in [0.1, 0.15) is 32.1 Å². The Labute approximate surface area is 124 Å². The molecule has 19 heavy (non-hydrogen) atoms. The standard InChI is InChI=1S/C14H19Cl2N3/c1-17-13-10(15)8-11(16)14(18-13)19-7-6-9-4-2-3-5-12(9)19/h8-9,12H,2-7H2,1H3,(H,17,18). The largest absolute Gasteiger partial charge is 0.372 e. The second-order valence-electron chi connectivity index (χ2n) is 5.47. The fourth-order valence-corrected chi connectivity index (χ4v) is 4.06. The number of aromatic nitrogens is 1. The summed E-state index contributed by atoms with van der Waals surface area (Å²) in [6.07, 6.45) is 6.58. The number of hydrogen-bond acceptors (Lipinski definition) is 3. The van der Waals surface area contributed by atoms with Crippen LogP contribution in [0, 0.1) is 5.92 Å². The summed E-state index contributed by atoms with van der Waals surface area (Å²) in [7, 11) is 1.83. The Hall–Kier alpha value is -0.670. The fraction of sp³-hybridized carbons (Fsp3) is 0.643. The van der Waals surface area contributed by atoms with E-state index in [1.54, 1.807) is 6.07 Å². The third-order valence-electron chi connectivity index (χ3n) is 4.43. The molecular formula is C14H19Cl2N3. The van der Waals surface area contributed by atoms with Crippen molar-refractivity contribution in [3.05, 3.63) is 16.1 Å². The van der Waals surface area contributed by atoms with Crippen molar-refractivity contribution >= 4 is 34.8 Å². The van der Waals surface area contributed by atoms with E-state index in [0.29, 0.717) is 21.9 Å². The monoisotopic (exact) mass is 299 g/mol. The van der Waals surface area contributed by atoms with E-state index >= 15 is 0 Å². The van der Waals surface area contributed by atoms with Gasteiger partial charge in [0.15, 0.2) is 0 Å². The maximum absolute atomic E-state index is 6.35. The summed E-state index contributed by atoms with van der Waals surface area (Å²) >= 11 is 12.5. The van der Waals surface area contributed by atoms with Gasteiger partial charge in [-0.3, -0.25) is 0 Å². The lowest BCUT2D eigenvalue weighted by atomic mass is 9.85. The van der Waals surface area contributed by atoms with Gasteiger partial charge in [-0.05, 0) is 31.2 Å². The van der Waals surface area contributed by atoms with E-state index in [0.717, 1.165) is 18.3 Å². The Morgan fingerprint density at radius 2 is 2.00 bits per heavy atom. The van der Waals surface area contributed by atoms with Crippen molar-refractivity contribution in [1.29, 1.82) is 0 Å². The molecule has 2 fully saturated rings. The quantitative estimate of drug-likeness (QED) is 0.887. The summed E-state index contributed by atoms with van der Waals surface area (Å²) in [4.78, 5) is 7.01. The average Bonchev–Trinajstić information content (AvgIpc) is 2.83. The van der Waals surface area contributed by atoms with Crippen LogP contribution in [0.5, 0.6) is 0 Å². The molecule has 0 bridgehead atoms. The van der Waals surface area contributed by atoms with Crippen LogP contribution < -0.4 is 10.2 Å². The van der Waals surface area contributed by atoms with Gasteiger partial charge in [-0.2, -0.15) is 0 Å². The Balaban J connectivity index is 1.93. The van der Waals surface area contributed by atoms with Crippen LogP contribution >= 0.6 is 23.2 Å². The number of hydrogen-bond donors (Lipinski definition) is 1. The maximum atomic E-state index is 6.35. The Kier molecular flexibility index (Phi) is 3.77. The second kappa shape index (κ2) is 5.37. The molecule has 5 heteroatoms. The van der Waals surface area contributed by atoms with Crippen molar-refractivity contribution in [2.75, 3.05) is 23.8 Å². The van der Waals surface area contributed by atoms with Gasteiger partial charge < -0.3 is 10.2 Å². The van der Waals surface area contributed by atoms with E-state index in [-0.39, 0.29) is 0 Å². The lowest BCUT2D eigenvalue weighted by Crippen LogP contribution is -2.35. The molecule has 1 aliphatic carbocycles. The van der Waals surface area contributed by atoms with Crippen LogP contribution in [0.15, 0.2) is 6.07 Å². The van der Waals surface area contributed by atoms with Crippen molar-refractivity contribution in [2.45, 2.75) is 38.1 Å². The van der Waals surface area contributed by atoms with Gasteiger partial charge in [-0.1, -0.05) is 36.0 Å². The highest BCUT2D eigenvalue weighted by Crippen LogP contribution is 2.41. The first-order valence-electron chi connectivity index (χ1n) is 7.01. The molecule has 1 aliphatic heterocycles. The molecule has 3 nitrogen and oxygen atoms in total. The van der Waals surface area contributed by atoms with Crippen LogP contribution in [0.4, 0.5) is 11.6 Å². The fourth-order valence-electron chi connectivity index (χ4n) is 3.50. The Morgan fingerprint density at radius 1 is 1.21 bits per heavy atom. The molecule has 2 aliphatic rings. The topological polar surface area (TPSA) is 28.2 Å². The Bertz CT molecular complexity index is 478. The number of rotatable bonds is 2. The van der Waals surface area contributed by atoms with Crippen molar-refractivity contribution in [1.82, 2.24) is 4.98 Å². The van der Waals surface area contributed by atoms with Gasteiger partial charge in [0.05, 0.1) is 10.0 Å². The predicted molar refractivity (Wildman–Crippen MR) is 81.5 cm³/mol. The van der Waals surface area contributed by atoms with Crippen molar-refractivity contribution < 1.29 is 0 Å². The minimum atomic E-state index is 0.579. The van der Waals surface area contributed by atoms with E-state index in [4.69, 9.17) is 23.2 Å². The summed E-state index contributed by atoms with van der Waals surface area (Å²) in [5.74, 6) is 2.42. The first-order chi connectivity index (χ1) is 9.20. The molecule has 0 aromatic carbocycles. The zero-order valence-electron chi connectivity index (χ0n) is 11.1. The number of pyridine rings is 1. The number of nitrogens with one attached hydrogen (secondary N) is 1. The molecule has 1 aromatic rings. The molecule has 1 N–H and O–H groups in total. The molecule has 1 aromatic heterocycles. The predicted octanol–water partition coefficient (Wildman–Crippen LogP) is 4.20. The van der Waals surface area contributed by atoms with Crippen LogP contribution in [-0.2, 0) is 0 Å². The molecule has 104 valence electrons. The first kappa shape index (κ1) is 13.3. The highest BCUT2D eigenvalue weighted by atomic mass is 35.5. The van der Waals surface area contributed by atoms with Gasteiger partial charge in [0.25, 0.3) is 0 Å². The maximum Gasteiger partial charge on any atom is 0.150 e. The van der Waals surface area contributed by atoms with Crippen LogP contribution in [0.2, 0.25) is 10.0 Å². The molecule has 2 heterocycles. The van der Waals surface area contributed by atoms with Crippen LogP contribution in [0.3, 0.4) is 0 Å². The van der Waals surface area contributed by atoms with Crippen molar-refractivity contribution in [3.63, 3.8) is 0 Å². The molecule has 0 amide bonds. The number of anilines is 2. The lowest BCUT2D eigenvalue weighted by Gasteiger charge is -2.33. The SMILES string of the molecule is CNc1nc(N2CCC3CCCCC32)c(Cl)cc1Cl. The molecular weight excluding hydrogens is 281 g/mol. The lowest BCUT2D eigenvalue weighted by molar-refractivity contribution is 0.341. The van der Waals surface area contributed by atoms with E-state index in [9.17, 15) is 0 Å². The van der Waals surface area contributed by atoms with Crippen LogP contribution in [0.25, 0.3) is 0 Å². The summed E-state index contributed by atoms with van der Waals surface area (Å²) in [5, 5.41) is 4.27. The van der Waals surface area contributed by atoms with E-state index in [2.05, 4.69) is 15.2 Å². The van der Waals surface area contributed by atoms with Gasteiger partial charge in [-0.25, -0.2) is 4.98 Å². The number of fused-ring (bicyclic) bond motifs is 1. The minimum Gasteiger partial charge on any atom is -0.372 e. The molecule has 1 saturated carbocycles. The third kappa shape index (κ3) is 2.38. The van der Waals surface area contributed by atoms with E-state index in [1.807, 2.05) is 7.05 Å². The molecule has 0 spiro atoms. The Morgan fingerprint density at radius 3 is 2.79 bits per heavy atom. The zero-order valence-corrected chi connectivity index (χ0v) is 12.6. The summed E-state index contributed by atoms with van der Waals surface area (Å²) < 4.78 is 0. The minimum absolute atomic E-state index is 0.579. The second-order valence-corrected chi connectivity index (χ2v) is 6.28. The average molecular weight is 300 g/mol. The highest BCUT2D eigenvalue weighted by Gasteiger charge is 2.37. The summed E-state index contributed by atoms with van der Waals surface area (Å²) in [6.45, 7) is 1.06. The van der Waals surface area contributed by atoms with Gasteiger partial charge in [0.1, 0.15) is 11.6 Å². The van der Waals surface area contributed by atoms with Gasteiger partial charge in [0.2, 0.25) is 0 Å². The van der Waals surface area contributed by atoms with Gasteiger partial charge in [-0.15, -0.1) is 0 Å². The summed E-state index contributed by atoms with van der Waals surface area (Å²) in [6, 6.07) is 2.41. The molecule has 0 radical (unpaired) electrons. The smallest absolute Gasteiger partial charge is 0.150 e. The molecule has 2 atom stereocenters. The van der Waals surface area contributed by atoms with Crippen molar-refractivity contribution in [3.8, 4) is 0 Å². The molecule has 2 unspecified atom stereocenters.